The van der Waals surface area contributed by atoms with Crippen LogP contribution in [0.1, 0.15) is 11.1 Å². The van der Waals surface area contributed by atoms with Crippen molar-refractivity contribution in [2.75, 3.05) is 10.6 Å². The number of carbonyl (C=O) groups excluding carboxylic acids is 1. The van der Waals surface area contributed by atoms with Crippen molar-refractivity contribution in [1.82, 2.24) is 9.61 Å². The maximum Gasteiger partial charge on any atom is 0.323 e. The fourth-order valence-corrected chi connectivity index (χ4v) is 2.11. The lowest BCUT2D eigenvalue weighted by molar-refractivity contribution is 0.262. The Morgan fingerprint density at radius 2 is 1.76 bits per heavy atom. The van der Waals surface area contributed by atoms with Crippen LogP contribution in [-0.2, 0) is 0 Å². The Balaban J connectivity index is 1.71. The number of nitrogens with one attached hydrogen (secondary N) is 2. The number of nitrogens with zero attached hydrogens (tertiary/aromatic N) is 2. The first-order valence-corrected chi connectivity index (χ1v) is 6.70. The molecule has 3 aromatic rings. The highest BCUT2D eigenvalue weighted by atomic mass is 16.2. The largest absolute Gasteiger partial charge is 0.323 e. The fourth-order valence-electron chi connectivity index (χ4n) is 2.11. The van der Waals surface area contributed by atoms with E-state index in [1.807, 2.05) is 44.2 Å². The topological polar surface area (TPSA) is 58.4 Å². The molecule has 2 N–H and O–H groups in total. The number of anilines is 2. The number of fused-ring (bicyclic) bond motifs is 1. The molecule has 0 aliphatic rings. The normalized spacial score (nSPS) is 10.6. The minimum Gasteiger partial charge on any atom is -0.308 e. The molecule has 0 atom stereocenters. The summed E-state index contributed by atoms with van der Waals surface area (Å²) >= 11 is 0. The second-order valence-corrected chi connectivity index (χ2v) is 4.99. The third-order valence-electron chi connectivity index (χ3n) is 3.42. The van der Waals surface area contributed by atoms with Crippen molar-refractivity contribution in [3.8, 4) is 0 Å². The molecule has 1 aromatic carbocycles. The second-order valence-electron chi connectivity index (χ2n) is 4.99. The first-order chi connectivity index (χ1) is 10.1. The van der Waals surface area contributed by atoms with Gasteiger partial charge >= 0.3 is 6.03 Å². The Labute approximate surface area is 122 Å². The van der Waals surface area contributed by atoms with Gasteiger partial charge in [-0.05, 0) is 55.3 Å². The van der Waals surface area contributed by atoms with Gasteiger partial charge in [-0.25, -0.2) is 9.31 Å². The van der Waals surface area contributed by atoms with Gasteiger partial charge in [0, 0.05) is 23.8 Å². The van der Waals surface area contributed by atoms with Crippen molar-refractivity contribution >= 4 is 22.9 Å². The van der Waals surface area contributed by atoms with Crippen molar-refractivity contribution in [3.63, 3.8) is 0 Å². The average Bonchev–Trinajstić information content (AvgIpc) is 2.90. The summed E-state index contributed by atoms with van der Waals surface area (Å²) in [5.74, 6) is 0. The molecule has 0 aliphatic carbocycles. The van der Waals surface area contributed by atoms with Gasteiger partial charge in [0.05, 0.1) is 5.52 Å². The molecular weight excluding hydrogens is 264 g/mol. The number of urea groups is 1. The lowest BCUT2D eigenvalue weighted by atomic mass is 10.1. The molecule has 2 heterocycles. The Morgan fingerprint density at radius 3 is 2.52 bits per heavy atom. The third kappa shape index (κ3) is 2.86. The lowest BCUT2D eigenvalue weighted by Gasteiger charge is -2.09. The molecule has 21 heavy (non-hydrogen) atoms. The van der Waals surface area contributed by atoms with Crippen LogP contribution < -0.4 is 10.6 Å². The molecule has 5 heteroatoms. The molecule has 0 radical (unpaired) electrons. The molecule has 0 bridgehead atoms. The van der Waals surface area contributed by atoms with Gasteiger partial charge in [0.25, 0.3) is 0 Å². The van der Waals surface area contributed by atoms with Gasteiger partial charge in [-0.3, -0.25) is 0 Å². The Bertz CT molecular complexity index is 807. The summed E-state index contributed by atoms with van der Waals surface area (Å²) < 4.78 is 1.74. The van der Waals surface area contributed by atoms with E-state index in [1.165, 1.54) is 5.56 Å². The van der Waals surface area contributed by atoms with Crippen LogP contribution in [0.5, 0.6) is 0 Å². The zero-order valence-electron chi connectivity index (χ0n) is 11.9. The van der Waals surface area contributed by atoms with E-state index in [9.17, 15) is 4.79 Å². The van der Waals surface area contributed by atoms with Crippen LogP contribution in [0.4, 0.5) is 16.2 Å². The number of aryl methyl sites for hydroxylation is 2. The number of hydrogen-bond donors (Lipinski definition) is 2. The minimum atomic E-state index is -0.262. The molecule has 106 valence electrons. The maximum atomic E-state index is 12.0. The highest BCUT2D eigenvalue weighted by Crippen LogP contribution is 2.15. The van der Waals surface area contributed by atoms with E-state index in [1.54, 1.807) is 23.0 Å². The molecule has 0 aliphatic heterocycles. The predicted octanol–water partition coefficient (Wildman–Crippen LogP) is 3.60. The van der Waals surface area contributed by atoms with Crippen LogP contribution in [0.2, 0.25) is 0 Å². The van der Waals surface area contributed by atoms with Crippen LogP contribution in [0.25, 0.3) is 5.52 Å². The van der Waals surface area contributed by atoms with Crippen LogP contribution >= 0.6 is 0 Å². The number of aromatic nitrogens is 2. The highest BCUT2D eigenvalue weighted by Gasteiger charge is 2.04. The lowest BCUT2D eigenvalue weighted by Crippen LogP contribution is -2.19. The summed E-state index contributed by atoms with van der Waals surface area (Å²) in [5.41, 5.74) is 4.78. The summed E-state index contributed by atoms with van der Waals surface area (Å²) in [6, 6.07) is 11.1. The average molecular weight is 280 g/mol. The second kappa shape index (κ2) is 5.28. The van der Waals surface area contributed by atoms with Gasteiger partial charge in [-0.2, -0.15) is 5.10 Å². The Morgan fingerprint density at radius 1 is 1.00 bits per heavy atom. The van der Waals surface area contributed by atoms with E-state index in [0.29, 0.717) is 0 Å². The van der Waals surface area contributed by atoms with E-state index in [-0.39, 0.29) is 6.03 Å². The summed E-state index contributed by atoms with van der Waals surface area (Å²) in [6.07, 6.45) is 3.52. The Kier molecular flexibility index (Phi) is 3.31. The molecule has 2 aromatic heterocycles. The number of carbonyl (C=O) groups is 1. The molecule has 0 saturated heterocycles. The van der Waals surface area contributed by atoms with E-state index in [0.717, 1.165) is 22.5 Å². The van der Waals surface area contributed by atoms with Gasteiger partial charge in [-0.1, -0.05) is 6.07 Å². The number of pyridine rings is 1. The molecule has 0 spiro atoms. The SMILES string of the molecule is Cc1ccc(NC(=O)Nc2ccn3nccc3c2)cc1C. The van der Waals surface area contributed by atoms with E-state index in [4.69, 9.17) is 0 Å². The highest BCUT2D eigenvalue weighted by molar-refractivity contribution is 6.00. The van der Waals surface area contributed by atoms with Gasteiger partial charge in [0.2, 0.25) is 0 Å². The van der Waals surface area contributed by atoms with Crippen molar-refractivity contribution in [2.45, 2.75) is 13.8 Å². The Hall–Kier alpha value is -2.82. The molecular formula is C16H16N4O. The quantitative estimate of drug-likeness (QED) is 0.753. The van der Waals surface area contributed by atoms with E-state index in [2.05, 4.69) is 15.7 Å². The first kappa shape index (κ1) is 13.2. The van der Waals surface area contributed by atoms with E-state index < -0.39 is 0 Å². The standard InChI is InChI=1S/C16H16N4O/c1-11-3-4-13(9-12(11)2)18-16(21)19-14-6-8-20-15(10-14)5-7-17-20/h3-10H,1-2H3,(H2,18,19,21). The van der Waals surface area contributed by atoms with Gasteiger partial charge in [0.15, 0.2) is 0 Å². The smallest absolute Gasteiger partial charge is 0.308 e. The van der Waals surface area contributed by atoms with Gasteiger partial charge < -0.3 is 10.6 Å². The number of rotatable bonds is 2. The zero-order chi connectivity index (χ0) is 14.8. The summed E-state index contributed by atoms with van der Waals surface area (Å²) in [7, 11) is 0. The van der Waals surface area contributed by atoms with Crippen LogP contribution in [0.15, 0.2) is 48.8 Å². The monoisotopic (exact) mass is 280 g/mol. The predicted molar refractivity (Wildman–Crippen MR) is 83.7 cm³/mol. The zero-order valence-corrected chi connectivity index (χ0v) is 11.9. The van der Waals surface area contributed by atoms with Crippen molar-refractivity contribution < 1.29 is 4.79 Å². The fraction of sp³-hybridized carbons (Fsp3) is 0.125. The van der Waals surface area contributed by atoms with Crippen molar-refractivity contribution in [1.29, 1.82) is 0 Å². The third-order valence-corrected chi connectivity index (χ3v) is 3.42. The van der Waals surface area contributed by atoms with Crippen molar-refractivity contribution in [2.24, 2.45) is 0 Å². The van der Waals surface area contributed by atoms with Gasteiger partial charge in [-0.15, -0.1) is 0 Å². The number of benzene rings is 1. The molecule has 0 unspecified atom stereocenters. The van der Waals surface area contributed by atoms with Crippen molar-refractivity contribution in [3.05, 3.63) is 59.9 Å². The van der Waals surface area contributed by atoms with E-state index >= 15 is 0 Å². The van der Waals surface area contributed by atoms with Crippen LogP contribution in [0.3, 0.4) is 0 Å². The van der Waals surface area contributed by atoms with Crippen LogP contribution in [-0.4, -0.2) is 15.6 Å². The molecule has 3 rings (SSSR count). The molecule has 0 saturated carbocycles. The van der Waals surface area contributed by atoms with Crippen LogP contribution in [0, 0.1) is 13.8 Å². The summed E-state index contributed by atoms with van der Waals surface area (Å²) in [5, 5.41) is 9.76. The molecule has 5 nitrogen and oxygen atoms in total. The molecule has 2 amide bonds. The summed E-state index contributed by atoms with van der Waals surface area (Å²) in [6.45, 7) is 4.06. The first-order valence-electron chi connectivity index (χ1n) is 6.70. The van der Waals surface area contributed by atoms with Gasteiger partial charge in [0.1, 0.15) is 0 Å². The number of amides is 2. The number of hydrogen-bond acceptors (Lipinski definition) is 2. The maximum absolute atomic E-state index is 12.0. The molecule has 0 fully saturated rings. The minimum absolute atomic E-state index is 0.262. The summed E-state index contributed by atoms with van der Waals surface area (Å²) in [4.78, 5) is 12.0.